The second kappa shape index (κ2) is 11.2. The Morgan fingerprint density at radius 2 is 1.19 bits per heavy atom. The largest absolute Gasteiger partial charge is 0.355 e. The average molecular weight is 714 g/mol. The molecule has 1 fully saturated rings. The maximum atomic E-state index is 13.6. The monoisotopic (exact) mass is 713 g/mol. The third-order valence-corrected chi connectivity index (χ3v) is 13.3. The predicted molar refractivity (Wildman–Crippen MR) is 205 cm³/mol. The summed E-state index contributed by atoms with van der Waals surface area (Å²) in [5.74, 6) is 0.779. The second-order valence-electron chi connectivity index (χ2n) is 16.7. The molecule has 3 aromatic rings. The zero-order valence-electron chi connectivity index (χ0n) is 30.4. The fraction of sp³-hybridized carbons (Fsp3) is 0.356. The summed E-state index contributed by atoms with van der Waals surface area (Å²) >= 11 is 0. The van der Waals surface area contributed by atoms with E-state index in [1.54, 1.807) is 0 Å². The quantitative estimate of drug-likeness (QED) is 0.260. The van der Waals surface area contributed by atoms with Crippen LogP contribution in [0.4, 0.5) is 0 Å². The number of fused-ring (bicyclic) bond motifs is 15. The molecule has 7 aliphatic carbocycles. The Morgan fingerprint density at radius 1 is 0.537 bits per heavy atom. The first-order valence-electron chi connectivity index (χ1n) is 19.4. The lowest BCUT2D eigenvalue weighted by Crippen LogP contribution is -2.28. The van der Waals surface area contributed by atoms with Gasteiger partial charge in [-0.2, -0.15) is 0 Å². The molecular weight excluding hydrogens is 675 g/mol. The number of Topliss-reactive ketones (excluding diaryl/α,β-unsaturated/α-hetero) is 4. The van der Waals surface area contributed by atoms with Crippen molar-refractivity contribution in [2.24, 2.45) is 41.4 Å². The number of carbonyl (C=O) groups is 4. The SMILES string of the molecule is CC1C=CC(c2cc3cc4nc(nc5nc(cc6cc(C7C=CC(C)C(=O)C7)c(cc2[nH]3)[nH]6)C2=C5C3C=CC2CC3=O)C2=C4C3C(=O)CC2C3C)C(=O)C1. The van der Waals surface area contributed by atoms with Crippen LogP contribution in [-0.2, 0) is 19.2 Å². The third kappa shape index (κ3) is 4.53. The molecule has 54 heavy (non-hydrogen) atoms. The molecular formula is C45H39N5O4. The number of H-pyrrole nitrogens is 2. The predicted octanol–water partition coefficient (Wildman–Crippen LogP) is 7.66. The minimum Gasteiger partial charge on any atom is -0.355 e. The summed E-state index contributed by atoms with van der Waals surface area (Å²) in [7, 11) is 0. The van der Waals surface area contributed by atoms with Crippen molar-refractivity contribution in [3.63, 3.8) is 0 Å². The highest BCUT2D eigenvalue weighted by Gasteiger charge is 2.54. The molecule has 0 amide bonds. The number of rotatable bonds is 2. The summed E-state index contributed by atoms with van der Waals surface area (Å²) in [6, 6.07) is 10.3. The highest BCUT2D eigenvalue weighted by Crippen LogP contribution is 2.59. The van der Waals surface area contributed by atoms with Crippen LogP contribution >= 0.6 is 0 Å². The van der Waals surface area contributed by atoms with Gasteiger partial charge in [-0.3, -0.25) is 19.2 Å². The summed E-state index contributed by atoms with van der Waals surface area (Å²) in [6.07, 6.45) is 14.2. The molecule has 2 N–H and O–H groups in total. The van der Waals surface area contributed by atoms with E-state index in [0.29, 0.717) is 43.0 Å². The fourth-order valence-corrected chi connectivity index (χ4v) is 10.6. The zero-order chi connectivity index (χ0) is 36.7. The van der Waals surface area contributed by atoms with Crippen LogP contribution in [0.5, 0.6) is 0 Å². The molecule has 9 heteroatoms. The third-order valence-electron chi connectivity index (χ3n) is 13.3. The highest BCUT2D eigenvalue weighted by molar-refractivity contribution is 6.12. The Kier molecular flexibility index (Phi) is 6.63. The van der Waals surface area contributed by atoms with E-state index in [2.05, 4.69) is 54.2 Å². The molecule has 2 aliphatic heterocycles. The molecule has 12 bridgehead atoms. The lowest BCUT2D eigenvalue weighted by molar-refractivity contribution is -0.122. The van der Waals surface area contributed by atoms with Gasteiger partial charge in [-0.1, -0.05) is 57.2 Å². The van der Waals surface area contributed by atoms with E-state index >= 15 is 0 Å². The minimum absolute atomic E-state index is 0.0250. The molecule has 0 spiro atoms. The first kappa shape index (κ1) is 31.9. The summed E-state index contributed by atoms with van der Waals surface area (Å²) in [6.45, 7) is 6.15. The fourth-order valence-electron chi connectivity index (χ4n) is 10.6. The molecule has 0 saturated heterocycles. The lowest BCUT2D eigenvalue weighted by atomic mass is 9.70. The zero-order valence-corrected chi connectivity index (χ0v) is 30.4. The van der Waals surface area contributed by atoms with Crippen LogP contribution in [0, 0.1) is 41.4 Å². The van der Waals surface area contributed by atoms with Crippen molar-refractivity contribution >= 4 is 67.5 Å². The van der Waals surface area contributed by atoms with Gasteiger partial charge in [-0.05, 0) is 70.4 Å². The molecule has 9 atom stereocenters. The number of nitrogens with zero attached hydrogens (tertiary/aromatic N) is 3. The van der Waals surface area contributed by atoms with Crippen LogP contribution in [0.1, 0.15) is 92.5 Å². The topological polar surface area (TPSA) is 139 Å². The summed E-state index contributed by atoms with van der Waals surface area (Å²) in [4.78, 5) is 76.2. The van der Waals surface area contributed by atoms with E-state index in [4.69, 9.17) is 15.0 Å². The number of aromatic amines is 2. The number of ketones is 4. The van der Waals surface area contributed by atoms with Crippen LogP contribution in [0.15, 0.2) is 66.8 Å². The van der Waals surface area contributed by atoms with Crippen molar-refractivity contribution in [2.75, 3.05) is 0 Å². The van der Waals surface area contributed by atoms with Gasteiger partial charge >= 0.3 is 0 Å². The van der Waals surface area contributed by atoms with Gasteiger partial charge < -0.3 is 9.97 Å². The van der Waals surface area contributed by atoms with Gasteiger partial charge in [0.25, 0.3) is 0 Å². The van der Waals surface area contributed by atoms with Crippen molar-refractivity contribution in [1.29, 1.82) is 0 Å². The van der Waals surface area contributed by atoms with Gasteiger partial charge in [0.1, 0.15) is 23.1 Å². The van der Waals surface area contributed by atoms with Crippen molar-refractivity contribution < 1.29 is 19.2 Å². The highest BCUT2D eigenvalue weighted by atomic mass is 16.1. The number of aromatic nitrogens is 5. The standard InChI is InChI=1S/C45H39N5O4/c1-19-4-8-26(36(52)10-19)30-14-25-16-34-43-39-21(3)28(17-38(39)54)42(43)45(49-34)50-44-41-27-9-7-23(12-37(27)53)40(41)33(48-44)15-24-13-29(31(46-24)18-32(30)47-25)22-6-5-20(2)35(51)11-22/h4-9,13-16,18-23,26-28,39,46-47H,10-12,17H2,1-3H3. The van der Waals surface area contributed by atoms with Gasteiger partial charge in [0.15, 0.2) is 11.6 Å². The number of carbonyl (C=O) groups excluding carboxylic acids is 4. The Morgan fingerprint density at radius 3 is 1.93 bits per heavy atom. The van der Waals surface area contributed by atoms with Crippen molar-refractivity contribution in [3.05, 3.63) is 101 Å². The van der Waals surface area contributed by atoms with E-state index < -0.39 is 11.8 Å². The molecule has 0 radical (unpaired) electrons. The first-order valence-corrected chi connectivity index (χ1v) is 19.4. The molecule has 9 nitrogen and oxygen atoms in total. The van der Waals surface area contributed by atoms with E-state index in [1.807, 2.05) is 43.4 Å². The van der Waals surface area contributed by atoms with Crippen LogP contribution in [0.25, 0.3) is 44.4 Å². The molecule has 1 saturated carbocycles. The maximum absolute atomic E-state index is 13.6. The molecule has 268 valence electrons. The smallest absolute Gasteiger partial charge is 0.159 e. The maximum Gasteiger partial charge on any atom is 0.159 e. The van der Waals surface area contributed by atoms with E-state index in [1.165, 1.54) is 0 Å². The normalized spacial score (nSPS) is 32.0. The molecule has 5 heterocycles. The Balaban J connectivity index is 1.23. The Bertz CT molecular complexity index is 2650. The van der Waals surface area contributed by atoms with Crippen molar-refractivity contribution in [3.8, 4) is 0 Å². The average Bonchev–Trinajstić information content (AvgIpc) is 3.98. The minimum atomic E-state index is -0.416. The van der Waals surface area contributed by atoms with Crippen LogP contribution < -0.4 is 0 Å². The molecule has 12 rings (SSSR count). The van der Waals surface area contributed by atoms with Gasteiger partial charge in [0, 0.05) is 82.6 Å². The van der Waals surface area contributed by atoms with Gasteiger partial charge in [0.2, 0.25) is 0 Å². The summed E-state index contributed by atoms with van der Waals surface area (Å²) in [5.41, 5.74) is 10.4. The molecule has 3 aromatic heterocycles. The molecule has 9 aliphatic rings. The van der Waals surface area contributed by atoms with Gasteiger partial charge in [-0.25, -0.2) is 15.0 Å². The Labute approximate surface area is 311 Å². The lowest BCUT2D eigenvalue weighted by Gasteiger charge is -2.31. The number of allylic oxidation sites excluding steroid dienone is 10. The molecule has 9 unspecified atom stereocenters. The van der Waals surface area contributed by atoms with Crippen LogP contribution in [-0.4, -0.2) is 48.1 Å². The summed E-state index contributed by atoms with van der Waals surface area (Å²) in [5, 5.41) is 0. The van der Waals surface area contributed by atoms with Crippen molar-refractivity contribution in [2.45, 2.75) is 58.3 Å². The van der Waals surface area contributed by atoms with Crippen molar-refractivity contribution in [1.82, 2.24) is 24.9 Å². The molecule has 0 aromatic carbocycles. The second-order valence-corrected chi connectivity index (χ2v) is 16.7. The number of hydrogen-bond donors (Lipinski definition) is 2. The van der Waals surface area contributed by atoms with Crippen LogP contribution in [0.2, 0.25) is 0 Å². The van der Waals surface area contributed by atoms with Gasteiger partial charge in [-0.15, -0.1) is 0 Å². The Hall–Kier alpha value is -5.57. The number of hydrogen-bond acceptors (Lipinski definition) is 7. The van der Waals surface area contributed by atoms with E-state index in [0.717, 1.165) is 61.2 Å². The van der Waals surface area contributed by atoms with Gasteiger partial charge in [0.05, 0.1) is 23.2 Å². The summed E-state index contributed by atoms with van der Waals surface area (Å²) < 4.78 is 0. The van der Waals surface area contributed by atoms with E-state index in [9.17, 15) is 19.2 Å². The van der Waals surface area contributed by atoms with Crippen LogP contribution in [0.3, 0.4) is 0 Å². The van der Waals surface area contributed by atoms with E-state index in [-0.39, 0.29) is 64.6 Å². The number of nitrogens with one attached hydrogen (secondary N) is 2. The first-order chi connectivity index (χ1) is 26.1.